The monoisotopic (exact) mass is 285 g/mol. The number of aromatic nitrogens is 2. The summed E-state index contributed by atoms with van der Waals surface area (Å²) in [6, 6.07) is 6.45. The van der Waals surface area contributed by atoms with Gasteiger partial charge in [-0.2, -0.15) is 5.10 Å². The number of nitrogens with zero attached hydrogens (tertiary/aromatic N) is 2. The molecule has 2 aromatic rings. The van der Waals surface area contributed by atoms with Crippen LogP contribution in [0.5, 0.6) is 0 Å². The van der Waals surface area contributed by atoms with Crippen molar-refractivity contribution in [3.8, 4) is 0 Å². The minimum atomic E-state index is 0.288. The minimum absolute atomic E-state index is 0.288. The molecule has 0 radical (unpaired) electrons. The zero-order chi connectivity index (χ0) is 10.8. The Morgan fingerprint density at radius 2 is 2.27 bits per heavy atom. The van der Waals surface area contributed by atoms with Crippen LogP contribution in [0.3, 0.4) is 0 Å². The molecule has 0 saturated carbocycles. The Morgan fingerprint density at radius 1 is 1.47 bits per heavy atom. The number of hydrogen-bond acceptors (Lipinski definition) is 3. The first-order valence-corrected chi connectivity index (χ1v) is 6.27. The van der Waals surface area contributed by atoms with Crippen molar-refractivity contribution in [3.63, 3.8) is 0 Å². The smallest absolute Gasteiger partial charge is 0.148 e. The zero-order valence-corrected chi connectivity index (χ0v) is 11.0. The second-order valence-electron chi connectivity index (χ2n) is 3.38. The van der Waals surface area contributed by atoms with Gasteiger partial charge < -0.3 is 5.32 Å². The van der Waals surface area contributed by atoms with E-state index in [9.17, 15) is 0 Å². The molecule has 0 amide bonds. The predicted octanol–water partition coefficient (Wildman–Crippen LogP) is 3.42. The van der Waals surface area contributed by atoms with Crippen LogP contribution in [0.15, 0.2) is 28.2 Å². The Hall–Kier alpha value is -0.810. The van der Waals surface area contributed by atoms with E-state index in [-0.39, 0.29) is 6.04 Å². The van der Waals surface area contributed by atoms with Crippen LogP contribution < -0.4 is 5.32 Å². The van der Waals surface area contributed by atoms with Crippen LogP contribution in [0.2, 0.25) is 0 Å². The van der Waals surface area contributed by atoms with Gasteiger partial charge in [-0.1, -0.05) is 0 Å². The van der Waals surface area contributed by atoms with Crippen LogP contribution in [0.25, 0.3) is 0 Å². The quantitative estimate of drug-likeness (QED) is 0.937. The fraction of sp³-hybridized carbons (Fsp3) is 0.300. The van der Waals surface area contributed by atoms with Gasteiger partial charge in [0.15, 0.2) is 0 Å². The molecule has 0 aliphatic heterocycles. The van der Waals surface area contributed by atoms with E-state index >= 15 is 0 Å². The zero-order valence-electron chi connectivity index (χ0n) is 8.57. The van der Waals surface area contributed by atoms with Crippen LogP contribution in [0.1, 0.15) is 17.8 Å². The third-order valence-electron chi connectivity index (χ3n) is 2.10. The molecular formula is C10H12BrN3S. The van der Waals surface area contributed by atoms with Gasteiger partial charge in [-0.25, -0.2) is 0 Å². The molecule has 80 valence electrons. The number of anilines is 1. The first-order chi connectivity index (χ1) is 7.15. The van der Waals surface area contributed by atoms with Crippen molar-refractivity contribution in [1.29, 1.82) is 0 Å². The topological polar surface area (TPSA) is 29.9 Å². The lowest BCUT2D eigenvalue weighted by atomic mass is 10.3. The molecule has 0 aromatic carbocycles. The van der Waals surface area contributed by atoms with Gasteiger partial charge >= 0.3 is 0 Å². The number of thiophene rings is 1. The van der Waals surface area contributed by atoms with Crippen LogP contribution in [-0.2, 0) is 7.05 Å². The van der Waals surface area contributed by atoms with E-state index in [1.54, 1.807) is 16.0 Å². The highest BCUT2D eigenvalue weighted by atomic mass is 79.9. The Balaban J connectivity index is 2.06. The summed E-state index contributed by atoms with van der Waals surface area (Å²) in [7, 11) is 1.91. The standard InChI is InChI=1S/C10H12BrN3S/c1-7(8-3-4-9(11)15-8)12-10-5-6-14(2)13-10/h3-7H,1-2H3,(H,12,13)/t7-/m1/s1. The van der Waals surface area contributed by atoms with Gasteiger partial charge in [0.2, 0.25) is 0 Å². The molecule has 5 heteroatoms. The highest BCUT2D eigenvalue weighted by molar-refractivity contribution is 9.11. The summed E-state index contributed by atoms with van der Waals surface area (Å²) in [5, 5.41) is 7.63. The SMILES string of the molecule is C[C@@H](Nc1ccn(C)n1)c1ccc(Br)s1. The minimum Gasteiger partial charge on any atom is -0.361 e. The van der Waals surface area contributed by atoms with Gasteiger partial charge in [-0.15, -0.1) is 11.3 Å². The molecule has 2 aromatic heterocycles. The van der Waals surface area contributed by atoms with E-state index in [0.717, 1.165) is 9.60 Å². The maximum absolute atomic E-state index is 4.28. The van der Waals surface area contributed by atoms with E-state index < -0.39 is 0 Å². The molecule has 2 heterocycles. The summed E-state index contributed by atoms with van der Waals surface area (Å²) < 4.78 is 2.95. The van der Waals surface area contributed by atoms with Crippen molar-refractivity contribution < 1.29 is 0 Å². The average molecular weight is 286 g/mol. The summed E-state index contributed by atoms with van der Waals surface area (Å²) in [5.74, 6) is 0.912. The Kier molecular flexibility index (Phi) is 3.11. The van der Waals surface area contributed by atoms with E-state index in [0.29, 0.717) is 0 Å². The van der Waals surface area contributed by atoms with Gasteiger partial charge in [0.05, 0.1) is 9.83 Å². The van der Waals surface area contributed by atoms with Crippen LogP contribution in [0, 0.1) is 0 Å². The van der Waals surface area contributed by atoms with Gasteiger partial charge in [-0.3, -0.25) is 4.68 Å². The van der Waals surface area contributed by atoms with Crippen LogP contribution >= 0.6 is 27.3 Å². The third kappa shape index (κ3) is 2.60. The molecule has 1 N–H and O–H groups in total. The highest BCUT2D eigenvalue weighted by Crippen LogP contribution is 2.28. The second-order valence-corrected chi connectivity index (χ2v) is 5.88. The van der Waals surface area contributed by atoms with Crippen molar-refractivity contribution >= 4 is 33.1 Å². The number of rotatable bonds is 3. The lowest BCUT2D eigenvalue weighted by Crippen LogP contribution is -2.05. The van der Waals surface area contributed by atoms with Gasteiger partial charge in [0, 0.05) is 24.2 Å². The van der Waals surface area contributed by atoms with Crippen molar-refractivity contribution in [3.05, 3.63) is 33.1 Å². The summed E-state index contributed by atoms with van der Waals surface area (Å²) in [6.07, 6.45) is 1.93. The third-order valence-corrected chi connectivity index (χ3v) is 3.91. The highest BCUT2D eigenvalue weighted by Gasteiger charge is 2.08. The molecular weight excluding hydrogens is 274 g/mol. The van der Waals surface area contributed by atoms with Crippen molar-refractivity contribution in [1.82, 2.24) is 9.78 Å². The molecule has 0 saturated heterocycles. The fourth-order valence-electron chi connectivity index (χ4n) is 1.35. The number of halogens is 1. The first-order valence-electron chi connectivity index (χ1n) is 4.66. The largest absolute Gasteiger partial charge is 0.361 e. The van der Waals surface area contributed by atoms with Crippen LogP contribution in [-0.4, -0.2) is 9.78 Å². The van der Waals surface area contributed by atoms with E-state index in [1.807, 2.05) is 19.3 Å². The summed E-state index contributed by atoms with van der Waals surface area (Å²) in [4.78, 5) is 1.30. The number of hydrogen-bond donors (Lipinski definition) is 1. The Morgan fingerprint density at radius 3 is 2.80 bits per heavy atom. The molecule has 15 heavy (non-hydrogen) atoms. The van der Waals surface area contributed by atoms with Gasteiger partial charge in [-0.05, 0) is 35.0 Å². The maximum Gasteiger partial charge on any atom is 0.148 e. The van der Waals surface area contributed by atoms with Crippen molar-refractivity contribution in [2.75, 3.05) is 5.32 Å². The van der Waals surface area contributed by atoms with Gasteiger partial charge in [0.25, 0.3) is 0 Å². The van der Waals surface area contributed by atoms with Gasteiger partial charge in [0.1, 0.15) is 5.82 Å². The predicted molar refractivity (Wildman–Crippen MR) is 67.3 cm³/mol. The molecule has 0 bridgehead atoms. The lowest BCUT2D eigenvalue weighted by Gasteiger charge is -2.10. The first kappa shape index (κ1) is 10.7. The molecule has 0 aliphatic carbocycles. The molecule has 3 nitrogen and oxygen atoms in total. The number of aryl methyl sites for hydroxylation is 1. The number of nitrogens with one attached hydrogen (secondary N) is 1. The van der Waals surface area contributed by atoms with Crippen LogP contribution in [0.4, 0.5) is 5.82 Å². The lowest BCUT2D eigenvalue weighted by molar-refractivity contribution is 0.761. The van der Waals surface area contributed by atoms with E-state index in [1.165, 1.54) is 4.88 Å². The molecule has 0 fully saturated rings. The molecule has 0 spiro atoms. The Labute approximate surface area is 101 Å². The van der Waals surface area contributed by atoms with Crippen molar-refractivity contribution in [2.24, 2.45) is 7.05 Å². The Bertz CT molecular complexity index is 449. The summed E-state index contributed by atoms with van der Waals surface area (Å²) >= 11 is 5.20. The average Bonchev–Trinajstić information content (AvgIpc) is 2.75. The normalized spacial score (nSPS) is 12.7. The van der Waals surface area contributed by atoms with E-state index in [4.69, 9.17) is 0 Å². The maximum atomic E-state index is 4.28. The van der Waals surface area contributed by atoms with Crippen molar-refractivity contribution in [2.45, 2.75) is 13.0 Å². The molecule has 1 atom stereocenters. The molecule has 0 aliphatic rings. The summed E-state index contributed by atoms with van der Waals surface area (Å²) in [6.45, 7) is 2.13. The second kappa shape index (κ2) is 4.37. The van der Waals surface area contributed by atoms with E-state index in [2.05, 4.69) is 45.4 Å². The fourth-order valence-corrected chi connectivity index (χ4v) is 2.77. The molecule has 0 unspecified atom stereocenters. The molecule has 2 rings (SSSR count). The summed E-state index contributed by atoms with van der Waals surface area (Å²) in [5.41, 5.74) is 0.